The second-order valence-electron chi connectivity index (χ2n) is 2.71. The topological polar surface area (TPSA) is 37.3 Å². The number of carboxylic acids is 1. The van der Waals surface area contributed by atoms with Crippen LogP contribution in [0.25, 0.3) is 10.1 Å². The maximum absolute atomic E-state index is 13.2. The molecule has 2 nitrogen and oxygen atoms in total. The first kappa shape index (κ1) is 9.48. The molecule has 1 heterocycles. The van der Waals surface area contributed by atoms with Crippen molar-refractivity contribution in [3.8, 4) is 0 Å². The lowest BCUT2D eigenvalue weighted by molar-refractivity contribution is 0.0695. The van der Waals surface area contributed by atoms with Gasteiger partial charge in [0.25, 0.3) is 0 Å². The highest BCUT2D eigenvalue weighted by Crippen LogP contribution is 2.33. The first-order valence-electron chi connectivity index (χ1n) is 3.74. The van der Waals surface area contributed by atoms with Gasteiger partial charge in [0.05, 0.1) is 0 Å². The summed E-state index contributed by atoms with van der Waals surface area (Å²) in [5.74, 6) is -1.25. The zero-order valence-corrected chi connectivity index (χ0v) is 8.53. The van der Waals surface area contributed by atoms with E-state index < -0.39 is 11.1 Å². The van der Waals surface area contributed by atoms with Crippen molar-refractivity contribution in [3.63, 3.8) is 0 Å². The molecule has 0 aliphatic heterocycles. The maximum atomic E-state index is 13.2. The number of halogens is 1. The van der Waals surface area contributed by atoms with Gasteiger partial charge in [-0.15, -0.1) is 24.0 Å². The SMILES string of the molecule is O=C(O)c1c(F)sc2cccc(S)c12. The Kier molecular flexibility index (Phi) is 2.20. The highest BCUT2D eigenvalue weighted by atomic mass is 32.1. The molecule has 0 aliphatic carbocycles. The van der Waals surface area contributed by atoms with Crippen molar-refractivity contribution in [2.45, 2.75) is 4.90 Å². The Hall–Kier alpha value is -1.07. The normalized spacial score (nSPS) is 10.7. The molecule has 1 aromatic heterocycles. The summed E-state index contributed by atoms with van der Waals surface area (Å²) in [6.45, 7) is 0. The lowest BCUT2D eigenvalue weighted by atomic mass is 10.2. The summed E-state index contributed by atoms with van der Waals surface area (Å²) >= 11 is 4.93. The number of aromatic carboxylic acids is 1. The summed E-state index contributed by atoms with van der Waals surface area (Å²) in [6, 6.07) is 5.03. The van der Waals surface area contributed by atoms with E-state index in [2.05, 4.69) is 12.6 Å². The second kappa shape index (κ2) is 3.25. The van der Waals surface area contributed by atoms with E-state index in [1.54, 1.807) is 18.2 Å². The predicted molar refractivity (Wildman–Crippen MR) is 56.0 cm³/mol. The van der Waals surface area contributed by atoms with Crippen molar-refractivity contribution in [2.24, 2.45) is 0 Å². The Morgan fingerprint density at radius 2 is 2.21 bits per heavy atom. The predicted octanol–water partition coefficient (Wildman–Crippen LogP) is 3.03. The molecule has 2 aromatic rings. The van der Waals surface area contributed by atoms with E-state index in [1.807, 2.05) is 0 Å². The fourth-order valence-corrected chi connectivity index (χ4v) is 2.63. The number of thiophene rings is 1. The Morgan fingerprint density at radius 1 is 1.50 bits per heavy atom. The Balaban J connectivity index is 2.93. The fraction of sp³-hybridized carbons (Fsp3) is 0. The minimum Gasteiger partial charge on any atom is -0.478 e. The molecule has 0 unspecified atom stereocenters. The summed E-state index contributed by atoms with van der Waals surface area (Å²) in [5, 5.41) is 8.52. The minimum absolute atomic E-state index is 0.282. The number of thiol groups is 1. The Labute approximate surface area is 88.4 Å². The smallest absolute Gasteiger partial charge is 0.340 e. The van der Waals surface area contributed by atoms with Crippen molar-refractivity contribution < 1.29 is 14.3 Å². The minimum atomic E-state index is -1.25. The summed E-state index contributed by atoms with van der Waals surface area (Å²) in [6.07, 6.45) is 0. The Bertz CT molecular complexity index is 519. The van der Waals surface area contributed by atoms with Crippen LogP contribution < -0.4 is 0 Å². The van der Waals surface area contributed by atoms with Gasteiger partial charge in [-0.3, -0.25) is 0 Å². The number of rotatable bonds is 1. The van der Waals surface area contributed by atoms with Gasteiger partial charge in [-0.25, -0.2) is 4.79 Å². The summed E-state index contributed by atoms with van der Waals surface area (Å²) in [5.41, 5.74) is -0.282. The van der Waals surface area contributed by atoms with Crippen LogP contribution in [0, 0.1) is 5.13 Å². The average Bonchev–Trinajstić information content (AvgIpc) is 2.42. The van der Waals surface area contributed by atoms with Crippen LogP contribution in [0.2, 0.25) is 0 Å². The molecule has 1 aromatic carbocycles. The molecule has 0 spiro atoms. The average molecular weight is 228 g/mol. The van der Waals surface area contributed by atoms with Crippen LogP contribution in [0.1, 0.15) is 10.4 Å². The first-order valence-corrected chi connectivity index (χ1v) is 5.01. The van der Waals surface area contributed by atoms with E-state index in [1.165, 1.54) is 0 Å². The first-order chi connectivity index (χ1) is 6.61. The standard InChI is InChI=1S/C9H5FO2S2/c10-8-7(9(11)12)6-4(13)2-1-3-5(6)14-8/h1-3,13H,(H,11,12). The molecule has 0 atom stereocenters. The van der Waals surface area contributed by atoms with Gasteiger partial charge < -0.3 is 5.11 Å². The maximum Gasteiger partial charge on any atom is 0.340 e. The number of carboxylic acid groups (broad SMARTS) is 1. The molecule has 0 saturated heterocycles. The van der Waals surface area contributed by atoms with Crippen LogP contribution in [-0.2, 0) is 0 Å². The van der Waals surface area contributed by atoms with Crippen molar-refractivity contribution in [1.29, 1.82) is 0 Å². The zero-order valence-electron chi connectivity index (χ0n) is 6.82. The van der Waals surface area contributed by atoms with Gasteiger partial charge in [-0.2, -0.15) is 4.39 Å². The zero-order chi connectivity index (χ0) is 10.3. The quantitative estimate of drug-likeness (QED) is 0.736. The monoisotopic (exact) mass is 228 g/mol. The molecule has 0 bridgehead atoms. The molecular formula is C9H5FO2S2. The molecular weight excluding hydrogens is 223 g/mol. The molecule has 72 valence electrons. The summed E-state index contributed by atoms with van der Waals surface area (Å²) in [7, 11) is 0. The van der Waals surface area contributed by atoms with E-state index in [0.717, 1.165) is 11.3 Å². The van der Waals surface area contributed by atoms with Crippen molar-refractivity contribution in [2.75, 3.05) is 0 Å². The highest BCUT2D eigenvalue weighted by Gasteiger charge is 2.19. The Morgan fingerprint density at radius 3 is 2.86 bits per heavy atom. The van der Waals surface area contributed by atoms with Gasteiger partial charge in [-0.1, -0.05) is 6.07 Å². The fourth-order valence-electron chi connectivity index (χ4n) is 1.29. The van der Waals surface area contributed by atoms with Gasteiger partial charge in [0.1, 0.15) is 5.56 Å². The molecule has 0 saturated carbocycles. The summed E-state index contributed by atoms with van der Waals surface area (Å²) < 4.78 is 13.8. The third kappa shape index (κ3) is 1.29. The number of hydrogen-bond acceptors (Lipinski definition) is 3. The largest absolute Gasteiger partial charge is 0.478 e. The third-order valence-corrected chi connectivity index (χ3v) is 3.18. The highest BCUT2D eigenvalue weighted by molar-refractivity contribution is 7.80. The molecule has 0 amide bonds. The van der Waals surface area contributed by atoms with Crippen LogP contribution in [0.15, 0.2) is 23.1 Å². The van der Waals surface area contributed by atoms with E-state index in [-0.39, 0.29) is 5.56 Å². The van der Waals surface area contributed by atoms with Gasteiger partial charge in [0.2, 0.25) is 0 Å². The summed E-state index contributed by atoms with van der Waals surface area (Å²) in [4.78, 5) is 11.3. The van der Waals surface area contributed by atoms with E-state index in [9.17, 15) is 9.18 Å². The van der Waals surface area contributed by atoms with E-state index in [0.29, 0.717) is 15.0 Å². The molecule has 5 heteroatoms. The molecule has 14 heavy (non-hydrogen) atoms. The van der Waals surface area contributed by atoms with Crippen LogP contribution in [0.4, 0.5) is 4.39 Å². The molecule has 2 rings (SSSR count). The van der Waals surface area contributed by atoms with Crippen LogP contribution in [0.5, 0.6) is 0 Å². The number of carbonyl (C=O) groups is 1. The van der Waals surface area contributed by atoms with Gasteiger partial charge >= 0.3 is 5.97 Å². The number of benzene rings is 1. The van der Waals surface area contributed by atoms with Crippen molar-refractivity contribution in [3.05, 3.63) is 28.9 Å². The number of hydrogen-bond donors (Lipinski definition) is 2. The lowest BCUT2D eigenvalue weighted by Crippen LogP contribution is -1.97. The van der Waals surface area contributed by atoms with Crippen molar-refractivity contribution >= 4 is 40.0 Å². The third-order valence-electron chi connectivity index (χ3n) is 1.86. The van der Waals surface area contributed by atoms with Crippen LogP contribution in [-0.4, -0.2) is 11.1 Å². The van der Waals surface area contributed by atoms with Crippen molar-refractivity contribution in [1.82, 2.24) is 0 Å². The molecule has 0 radical (unpaired) electrons. The van der Waals surface area contributed by atoms with Gasteiger partial charge in [0, 0.05) is 15.0 Å². The lowest BCUT2D eigenvalue weighted by Gasteiger charge is -1.95. The molecule has 1 N–H and O–H groups in total. The van der Waals surface area contributed by atoms with Crippen LogP contribution >= 0.6 is 24.0 Å². The van der Waals surface area contributed by atoms with Gasteiger partial charge in [-0.05, 0) is 12.1 Å². The molecule has 0 aliphatic rings. The van der Waals surface area contributed by atoms with Gasteiger partial charge in [0.15, 0.2) is 5.13 Å². The molecule has 0 fully saturated rings. The van der Waals surface area contributed by atoms with E-state index in [4.69, 9.17) is 5.11 Å². The number of fused-ring (bicyclic) bond motifs is 1. The van der Waals surface area contributed by atoms with Crippen LogP contribution in [0.3, 0.4) is 0 Å². The second-order valence-corrected chi connectivity index (χ2v) is 4.19. The van der Waals surface area contributed by atoms with E-state index >= 15 is 0 Å².